The number of fused-ring (bicyclic) bond motifs is 1. The first-order valence-electron chi connectivity index (χ1n) is 11.4. The van der Waals surface area contributed by atoms with Gasteiger partial charge in [-0.25, -0.2) is 0 Å². The van der Waals surface area contributed by atoms with Crippen LogP contribution in [0.25, 0.3) is 0 Å². The number of halogens is 2. The van der Waals surface area contributed by atoms with Gasteiger partial charge < -0.3 is 14.5 Å². The van der Waals surface area contributed by atoms with E-state index in [2.05, 4.69) is 15.1 Å². The average Bonchev–Trinajstić information content (AvgIpc) is 3.54. The number of carbonyl (C=O) groups excluding carboxylic acids is 2. The fraction of sp³-hybridized carbons (Fsp3) is 0.522. The Hall–Kier alpha value is -2.13. The Morgan fingerprint density at radius 2 is 1.79 bits per heavy atom. The molecule has 0 radical (unpaired) electrons. The molecule has 33 heavy (non-hydrogen) atoms. The molecule has 3 saturated heterocycles. The molecule has 176 valence electrons. The first kappa shape index (κ1) is 22.7. The van der Waals surface area contributed by atoms with Crippen molar-refractivity contribution in [2.45, 2.75) is 37.4 Å². The fourth-order valence-electron chi connectivity index (χ4n) is 5.38. The van der Waals surface area contributed by atoms with Crippen LogP contribution in [0.3, 0.4) is 0 Å². The van der Waals surface area contributed by atoms with Gasteiger partial charge in [-0.05, 0) is 43.6 Å². The molecule has 3 fully saturated rings. The van der Waals surface area contributed by atoms with Gasteiger partial charge in [-0.2, -0.15) is 5.10 Å². The zero-order chi connectivity index (χ0) is 22.9. The monoisotopic (exact) mass is 491 g/mol. The molecule has 10 heteroatoms. The van der Waals surface area contributed by atoms with Crippen molar-refractivity contribution >= 4 is 35.0 Å². The van der Waals surface area contributed by atoms with Crippen LogP contribution in [0.2, 0.25) is 10.0 Å². The summed E-state index contributed by atoms with van der Waals surface area (Å²) in [6.45, 7) is 3.88. The highest BCUT2D eigenvalue weighted by Gasteiger charge is 2.49. The number of benzene rings is 1. The molecule has 0 bridgehead atoms. The Bertz CT molecular complexity index is 1010. The van der Waals surface area contributed by atoms with E-state index in [-0.39, 0.29) is 36.4 Å². The Labute approximate surface area is 202 Å². The fourth-order valence-corrected chi connectivity index (χ4v) is 5.70. The molecule has 0 saturated carbocycles. The molecular formula is C23H27Cl2N5O3. The minimum atomic E-state index is -0.210. The van der Waals surface area contributed by atoms with Crippen LogP contribution in [-0.4, -0.2) is 94.2 Å². The van der Waals surface area contributed by atoms with Crippen LogP contribution in [0.5, 0.6) is 0 Å². The minimum Gasteiger partial charge on any atom is -0.378 e. The molecule has 3 atom stereocenters. The van der Waals surface area contributed by atoms with Gasteiger partial charge in [0.1, 0.15) is 0 Å². The predicted octanol–water partition coefficient (Wildman–Crippen LogP) is 2.48. The lowest BCUT2D eigenvalue weighted by atomic mass is 9.90. The lowest BCUT2D eigenvalue weighted by Crippen LogP contribution is -2.72. The molecular weight excluding hydrogens is 465 g/mol. The van der Waals surface area contributed by atoms with E-state index < -0.39 is 0 Å². The number of amides is 2. The number of ether oxygens (including phenoxy) is 1. The Morgan fingerprint density at radius 1 is 1.03 bits per heavy atom. The van der Waals surface area contributed by atoms with Crippen LogP contribution in [0.15, 0.2) is 30.6 Å². The number of nitrogens with zero attached hydrogens (tertiary/aromatic N) is 4. The molecule has 2 amide bonds. The van der Waals surface area contributed by atoms with E-state index in [1.54, 1.807) is 24.5 Å². The van der Waals surface area contributed by atoms with Crippen molar-refractivity contribution in [3.05, 3.63) is 51.8 Å². The highest BCUT2D eigenvalue weighted by Crippen LogP contribution is 2.31. The second-order valence-electron chi connectivity index (χ2n) is 8.90. The number of carbonyl (C=O) groups is 2. The summed E-state index contributed by atoms with van der Waals surface area (Å²) in [5, 5.41) is 7.55. The molecule has 5 rings (SSSR count). The van der Waals surface area contributed by atoms with E-state index in [1.165, 1.54) is 0 Å². The number of hydrogen-bond donors (Lipinski definition) is 1. The van der Waals surface area contributed by atoms with E-state index in [1.807, 2.05) is 15.9 Å². The van der Waals surface area contributed by atoms with Gasteiger partial charge in [-0.1, -0.05) is 29.3 Å². The van der Waals surface area contributed by atoms with E-state index in [9.17, 15) is 9.59 Å². The number of nitrogens with one attached hydrogen (secondary N) is 1. The Morgan fingerprint density at radius 3 is 2.52 bits per heavy atom. The van der Waals surface area contributed by atoms with Gasteiger partial charge in [0.2, 0.25) is 5.91 Å². The SMILES string of the molecule is O=C(c1cn[nH]c1)N1CCN(C(=O)Cc2ccc(Cl)c(Cl)c2)[C@@H]2C(N3CCCC3)COCC21. The van der Waals surface area contributed by atoms with Crippen molar-refractivity contribution in [1.29, 1.82) is 0 Å². The highest BCUT2D eigenvalue weighted by atomic mass is 35.5. The smallest absolute Gasteiger partial charge is 0.257 e. The predicted molar refractivity (Wildman–Crippen MR) is 124 cm³/mol. The summed E-state index contributed by atoms with van der Waals surface area (Å²) < 4.78 is 6.01. The number of H-pyrrole nitrogens is 1. The van der Waals surface area contributed by atoms with Crippen molar-refractivity contribution in [3.8, 4) is 0 Å². The van der Waals surface area contributed by atoms with Crippen molar-refractivity contribution in [2.75, 3.05) is 39.4 Å². The second-order valence-corrected chi connectivity index (χ2v) is 9.72. The minimum absolute atomic E-state index is 0.0323. The van der Waals surface area contributed by atoms with E-state index in [4.69, 9.17) is 27.9 Å². The van der Waals surface area contributed by atoms with Crippen molar-refractivity contribution in [1.82, 2.24) is 24.9 Å². The molecule has 1 N–H and O–H groups in total. The molecule has 3 aliphatic rings. The van der Waals surface area contributed by atoms with Gasteiger partial charge in [-0.15, -0.1) is 0 Å². The van der Waals surface area contributed by atoms with E-state index in [0.29, 0.717) is 41.9 Å². The maximum Gasteiger partial charge on any atom is 0.257 e. The number of aromatic amines is 1. The van der Waals surface area contributed by atoms with Crippen LogP contribution in [0.1, 0.15) is 28.8 Å². The molecule has 0 spiro atoms. The van der Waals surface area contributed by atoms with Crippen molar-refractivity contribution in [3.63, 3.8) is 0 Å². The summed E-state index contributed by atoms with van der Waals surface area (Å²) in [7, 11) is 0. The summed E-state index contributed by atoms with van der Waals surface area (Å²) in [4.78, 5) is 33.1. The number of piperazine rings is 1. The zero-order valence-corrected chi connectivity index (χ0v) is 19.8. The van der Waals surface area contributed by atoms with E-state index in [0.717, 1.165) is 31.5 Å². The third-order valence-electron chi connectivity index (χ3n) is 6.98. The summed E-state index contributed by atoms with van der Waals surface area (Å²) in [5.74, 6) is -0.0501. The van der Waals surface area contributed by atoms with Crippen molar-refractivity contribution in [2.24, 2.45) is 0 Å². The molecule has 1 aromatic heterocycles. The molecule has 2 aromatic rings. The van der Waals surface area contributed by atoms with Gasteiger partial charge >= 0.3 is 0 Å². The van der Waals surface area contributed by atoms with Crippen LogP contribution in [0.4, 0.5) is 0 Å². The lowest BCUT2D eigenvalue weighted by molar-refractivity contribution is -0.149. The summed E-state index contributed by atoms with van der Waals surface area (Å²) in [5.41, 5.74) is 1.35. The summed E-state index contributed by atoms with van der Waals surface area (Å²) >= 11 is 12.2. The third kappa shape index (κ3) is 4.49. The Balaban J connectivity index is 1.42. The Kier molecular flexibility index (Phi) is 6.60. The van der Waals surface area contributed by atoms with Crippen LogP contribution < -0.4 is 0 Å². The van der Waals surface area contributed by atoms with Crippen LogP contribution >= 0.6 is 23.2 Å². The summed E-state index contributed by atoms with van der Waals surface area (Å²) in [6, 6.07) is 5.03. The molecule has 3 aliphatic heterocycles. The highest BCUT2D eigenvalue weighted by molar-refractivity contribution is 6.42. The topological polar surface area (TPSA) is 81.8 Å². The number of likely N-dealkylation sites (tertiary alicyclic amines) is 1. The zero-order valence-electron chi connectivity index (χ0n) is 18.3. The van der Waals surface area contributed by atoms with Crippen molar-refractivity contribution < 1.29 is 14.3 Å². The number of aromatic nitrogens is 2. The first-order valence-corrected chi connectivity index (χ1v) is 12.1. The van der Waals surface area contributed by atoms with Crippen LogP contribution in [0, 0.1) is 0 Å². The quantitative estimate of drug-likeness (QED) is 0.710. The standard InChI is InChI=1S/C23H27Cl2N5O3/c24-17-4-3-15(9-18(17)25)10-21(31)30-8-7-29(23(32)16-11-26-27-12-16)20-14-33-13-19(22(20)30)28-5-1-2-6-28/h3-4,9,11-12,19-20,22H,1-2,5-8,10,13-14H2,(H,26,27)/t19?,20?,22-/m1/s1. The molecule has 4 heterocycles. The first-order chi connectivity index (χ1) is 16.0. The number of rotatable bonds is 4. The largest absolute Gasteiger partial charge is 0.378 e. The second kappa shape index (κ2) is 9.62. The number of hydrogen-bond acceptors (Lipinski definition) is 5. The van der Waals surface area contributed by atoms with Gasteiger partial charge in [0, 0.05) is 19.3 Å². The maximum atomic E-state index is 13.6. The maximum absolute atomic E-state index is 13.6. The van der Waals surface area contributed by atoms with Gasteiger partial charge in [-0.3, -0.25) is 19.6 Å². The van der Waals surface area contributed by atoms with Gasteiger partial charge in [0.05, 0.1) is 59.6 Å². The van der Waals surface area contributed by atoms with Crippen LogP contribution in [-0.2, 0) is 16.0 Å². The molecule has 0 aliphatic carbocycles. The summed E-state index contributed by atoms with van der Waals surface area (Å²) in [6.07, 6.45) is 5.68. The van der Waals surface area contributed by atoms with E-state index >= 15 is 0 Å². The lowest BCUT2D eigenvalue weighted by Gasteiger charge is -2.54. The normalized spacial score (nSPS) is 25.8. The molecule has 1 aromatic carbocycles. The third-order valence-corrected chi connectivity index (χ3v) is 7.72. The molecule has 2 unspecified atom stereocenters. The van der Waals surface area contributed by atoms with Gasteiger partial charge in [0.25, 0.3) is 5.91 Å². The molecule has 8 nitrogen and oxygen atoms in total. The average molecular weight is 492 g/mol. The van der Waals surface area contributed by atoms with Gasteiger partial charge in [0.15, 0.2) is 0 Å².